The van der Waals surface area contributed by atoms with Crippen LogP contribution in [0.4, 0.5) is 5.95 Å². The molecule has 4 N–H and O–H groups in total. The van der Waals surface area contributed by atoms with Crippen LogP contribution in [-0.4, -0.2) is 57.4 Å². The Kier molecular flexibility index (Phi) is 8.61. The van der Waals surface area contributed by atoms with E-state index in [4.69, 9.17) is 5.73 Å². The molecule has 0 spiro atoms. The first-order valence-electron chi connectivity index (χ1n) is 12.3. The summed E-state index contributed by atoms with van der Waals surface area (Å²) < 4.78 is 0. The van der Waals surface area contributed by atoms with E-state index in [9.17, 15) is 14.9 Å². The zero-order valence-corrected chi connectivity index (χ0v) is 19.8. The molecule has 1 aromatic rings. The van der Waals surface area contributed by atoms with Crippen LogP contribution in [0.5, 0.6) is 0 Å². The Morgan fingerprint density at radius 1 is 1.30 bits per heavy atom. The Morgan fingerprint density at radius 3 is 2.67 bits per heavy atom. The second kappa shape index (κ2) is 11.4. The summed E-state index contributed by atoms with van der Waals surface area (Å²) in [6.07, 6.45) is 10.5. The van der Waals surface area contributed by atoms with Gasteiger partial charge in [0, 0.05) is 25.3 Å². The van der Waals surface area contributed by atoms with E-state index < -0.39 is 17.5 Å². The van der Waals surface area contributed by atoms with E-state index in [1.165, 1.54) is 31.5 Å². The van der Waals surface area contributed by atoms with Gasteiger partial charge in [-0.2, -0.15) is 5.26 Å². The van der Waals surface area contributed by atoms with E-state index in [1.54, 1.807) is 0 Å². The topological polar surface area (TPSA) is 137 Å². The van der Waals surface area contributed by atoms with Gasteiger partial charge >= 0.3 is 0 Å². The maximum Gasteiger partial charge on any atom is 0.267 e. The second-order valence-corrected chi connectivity index (χ2v) is 9.44. The maximum absolute atomic E-state index is 13.5. The summed E-state index contributed by atoms with van der Waals surface area (Å²) >= 11 is 0. The molecule has 1 saturated carbocycles. The third-order valence-electron chi connectivity index (χ3n) is 7.16. The second-order valence-electron chi connectivity index (χ2n) is 9.44. The van der Waals surface area contributed by atoms with Gasteiger partial charge in [-0.05, 0) is 37.7 Å². The molecule has 180 valence electrons. The van der Waals surface area contributed by atoms with Crippen LogP contribution in [-0.2, 0) is 4.79 Å². The van der Waals surface area contributed by atoms with Gasteiger partial charge < -0.3 is 16.4 Å². The standard InChI is InChI=1S/C24H37N7O2/c1-3-18(4-2)31-13-11-24(15-25,16-31)30-22(33)20(14-17-8-6-5-7-9-17)29-23-27-12-10-19(28-23)21(26)32/h10,12,17-18,20H,3-9,11,13-14,16H2,1-2H3,(H2,26,32)(H,30,33)(H,27,28,29). The van der Waals surface area contributed by atoms with Crippen molar-refractivity contribution in [1.82, 2.24) is 20.2 Å². The largest absolute Gasteiger partial charge is 0.364 e. The first-order chi connectivity index (χ1) is 15.9. The molecule has 0 bridgehead atoms. The number of rotatable bonds is 10. The Hall–Kier alpha value is -2.73. The first kappa shape index (κ1) is 24.9. The Balaban J connectivity index is 1.76. The maximum atomic E-state index is 13.5. The summed E-state index contributed by atoms with van der Waals surface area (Å²) in [7, 11) is 0. The number of carbonyl (C=O) groups excluding carboxylic acids is 2. The minimum Gasteiger partial charge on any atom is -0.364 e. The number of anilines is 1. The van der Waals surface area contributed by atoms with Gasteiger partial charge in [-0.15, -0.1) is 0 Å². The van der Waals surface area contributed by atoms with Gasteiger partial charge in [0.1, 0.15) is 17.3 Å². The van der Waals surface area contributed by atoms with Gasteiger partial charge in [0.2, 0.25) is 11.9 Å². The quantitative estimate of drug-likeness (QED) is 0.493. The number of nitrogens with zero attached hydrogens (tertiary/aromatic N) is 4. The zero-order chi connectivity index (χ0) is 23.8. The lowest BCUT2D eigenvalue weighted by atomic mass is 9.84. The summed E-state index contributed by atoms with van der Waals surface area (Å²) in [6.45, 7) is 5.64. The molecule has 1 saturated heterocycles. The highest BCUT2D eigenvalue weighted by Gasteiger charge is 2.42. The van der Waals surface area contributed by atoms with Crippen molar-refractivity contribution in [3.8, 4) is 6.07 Å². The van der Waals surface area contributed by atoms with Gasteiger partial charge in [-0.25, -0.2) is 9.97 Å². The van der Waals surface area contributed by atoms with Gasteiger partial charge in [-0.1, -0.05) is 46.0 Å². The lowest BCUT2D eigenvalue weighted by Gasteiger charge is -2.31. The van der Waals surface area contributed by atoms with Crippen molar-refractivity contribution in [3.05, 3.63) is 18.0 Å². The van der Waals surface area contributed by atoms with Gasteiger partial charge in [0.15, 0.2) is 0 Å². The van der Waals surface area contributed by atoms with Crippen molar-refractivity contribution >= 4 is 17.8 Å². The SMILES string of the molecule is CCC(CC)N1CCC(C#N)(NC(=O)C(CC2CCCCC2)Nc2nccc(C(N)=O)n2)C1. The molecule has 1 aliphatic heterocycles. The minimum atomic E-state index is -0.901. The predicted octanol–water partition coefficient (Wildman–Crippen LogP) is 2.60. The van der Waals surface area contributed by atoms with Crippen molar-refractivity contribution in [3.63, 3.8) is 0 Å². The summed E-state index contributed by atoms with van der Waals surface area (Å²) in [5.41, 5.74) is 4.54. The number of likely N-dealkylation sites (tertiary alicyclic amines) is 1. The highest BCUT2D eigenvalue weighted by molar-refractivity contribution is 5.91. The summed E-state index contributed by atoms with van der Waals surface area (Å²) in [5.74, 6) is -0.256. The Labute approximate surface area is 196 Å². The normalized spacial score (nSPS) is 22.6. The Morgan fingerprint density at radius 2 is 2.03 bits per heavy atom. The number of nitrogens with two attached hydrogens (primary N) is 1. The van der Waals surface area contributed by atoms with Crippen LogP contribution in [0, 0.1) is 17.2 Å². The van der Waals surface area contributed by atoms with Crippen LogP contribution in [0.15, 0.2) is 12.3 Å². The minimum absolute atomic E-state index is 0.0921. The van der Waals surface area contributed by atoms with Crippen LogP contribution in [0.3, 0.4) is 0 Å². The molecule has 2 unspecified atom stereocenters. The molecule has 9 nitrogen and oxygen atoms in total. The molecule has 0 radical (unpaired) electrons. The van der Waals surface area contributed by atoms with Gasteiger partial charge in [-0.3, -0.25) is 14.5 Å². The average molecular weight is 456 g/mol. The van der Waals surface area contributed by atoms with E-state index in [0.29, 0.717) is 31.3 Å². The lowest BCUT2D eigenvalue weighted by Crippen LogP contribution is -2.54. The van der Waals surface area contributed by atoms with Crippen molar-refractivity contribution in [1.29, 1.82) is 5.26 Å². The number of nitrogens with one attached hydrogen (secondary N) is 2. The summed E-state index contributed by atoms with van der Waals surface area (Å²) in [6, 6.07) is 3.66. The molecular formula is C24H37N7O2. The number of amides is 2. The molecule has 2 amide bonds. The monoisotopic (exact) mass is 455 g/mol. The van der Waals surface area contributed by atoms with Crippen molar-refractivity contribution in [2.75, 3.05) is 18.4 Å². The van der Waals surface area contributed by atoms with E-state index in [-0.39, 0.29) is 17.5 Å². The molecular weight excluding hydrogens is 418 g/mol. The molecule has 1 aliphatic carbocycles. The summed E-state index contributed by atoms with van der Waals surface area (Å²) in [5, 5.41) is 16.2. The van der Waals surface area contributed by atoms with Crippen LogP contribution in [0.1, 0.15) is 82.1 Å². The third-order valence-corrected chi connectivity index (χ3v) is 7.16. The molecule has 2 fully saturated rings. The van der Waals surface area contributed by atoms with Crippen LogP contribution < -0.4 is 16.4 Å². The number of primary amides is 1. The number of hydrogen-bond donors (Lipinski definition) is 3. The molecule has 1 aromatic heterocycles. The highest BCUT2D eigenvalue weighted by Crippen LogP contribution is 2.29. The van der Waals surface area contributed by atoms with Crippen molar-refractivity contribution in [2.24, 2.45) is 11.7 Å². The van der Waals surface area contributed by atoms with E-state index in [2.05, 4.69) is 45.4 Å². The number of carbonyl (C=O) groups is 2. The molecule has 33 heavy (non-hydrogen) atoms. The summed E-state index contributed by atoms with van der Waals surface area (Å²) in [4.78, 5) is 35.7. The van der Waals surface area contributed by atoms with E-state index in [1.807, 2.05) is 0 Å². The molecule has 2 atom stereocenters. The van der Waals surface area contributed by atoms with Crippen LogP contribution in [0.2, 0.25) is 0 Å². The average Bonchev–Trinajstić information content (AvgIpc) is 3.24. The zero-order valence-electron chi connectivity index (χ0n) is 19.8. The molecule has 2 aliphatic rings. The number of aromatic nitrogens is 2. The van der Waals surface area contributed by atoms with E-state index in [0.717, 1.165) is 32.2 Å². The molecule has 9 heteroatoms. The smallest absolute Gasteiger partial charge is 0.267 e. The number of nitriles is 1. The predicted molar refractivity (Wildman–Crippen MR) is 126 cm³/mol. The molecule has 0 aromatic carbocycles. The lowest BCUT2D eigenvalue weighted by molar-refractivity contribution is -0.123. The first-order valence-corrected chi connectivity index (χ1v) is 12.3. The Bertz CT molecular complexity index is 861. The van der Waals surface area contributed by atoms with Gasteiger partial charge in [0.25, 0.3) is 5.91 Å². The molecule has 2 heterocycles. The fraction of sp³-hybridized carbons (Fsp3) is 0.708. The van der Waals surface area contributed by atoms with Crippen LogP contribution in [0.25, 0.3) is 0 Å². The van der Waals surface area contributed by atoms with Crippen LogP contribution >= 0.6 is 0 Å². The van der Waals surface area contributed by atoms with Crippen molar-refractivity contribution < 1.29 is 9.59 Å². The number of hydrogen-bond acceptors (Lipinski definition) is 7. The molecule has 3 rings (SSSR count). The van der Waals surface area contributed by atoms with E-state index >= 15 is 0 Å². The van der Waals surface area contributed by atoms with Crippen molar-refractivity contribution in [2.45, 2.75) is 89.3 Å². The fourth-order valence-corrected chi connectivity index (χ4v) is 5.21. The van der Waals surface area contributed by atoms with Gasteiger partial charge in [0.05, 0.1) is 6.07 Å². The fourth-order valence-electron chi connectivity index (χ4n) is 5.21. The highest BCUT2D eigenvalue weighted by atomic mass is 16.2. The third kappa shape index (κ3) is 6.41.